The van der Waals surface area contributed by atoms with E-state index in [0.29, 0.717) is 17.9 Å². The molecule has 2 aromatic heterocycles. The Morgan fingerprint density at radius 3 is 2.76 bits per heavy atom. The van der Waals surface area contributed by atoms with Crippen LogP contribution in [-0.2, 0) is 6.54 Å². The minimum absolute atomic E-state index is 0.0103. The Kier molecular flexibility index (Phi) is 5.43. The van der Waals surface area contributed by atoms with Gasteiger partial charge in [0.1, 0.15) is 11.6 Å². The van der Waals surface area contributed by atoms with E-state index in [2.05, 4.69) is 38.5 Å². The molecule has 0 aromatic carbocycles. The number of piperidine rings is 1. The van der Waals surface area contributed by atoms with Gasteiger partial charge in [-0.05, 0) is 33.9 Å². The lowest BCUT2D eigenvalue weighted by atomic mass is 9.96. The smallest absolute Gasteiger partial charge is 0.257 e. The fourth-order valence-corrected chi connectivity index (χ4v) is 3.24. The largest absolute Gasteiger partial charge is 0.338 e. The monoisotopic (exact) mass is 342 g/mol. The summed E-state index contributed by atoms with van der Waals surface area (Å²) >= 11 is 0. The highest BCUT2D eigenvalue weighted by atomic mass is 16.2. The summed E-state index contributed by atoms with van der Waals surface area (Å²) in [7, 11) is 4.14. The third-order valence-electron chi connectivity index (χ3n) is 4.64. The second-order valence-electron chi connectivity index (χ2n) is 6.89. The predicted molar refractivity (Wildman–Crippen MR) is 95.4 cm³/mol. The van der Waals surface area contributed by atoms with Gasteiger partial charge in [-0.25, -0.2) is 15.0 Å². The maximum Gasteiger partial charge on any atom is 0.257 e. The van der Waals surface area contributed by atoms with Gasteiger partial charge < -0.3 is 14.4 Å². The van der Waals surface area contributed by atoms with Gasteiger partial charge in [0.15, 0.2) is 0 Å². The van der Waals surface area contributed by atoms with Gasteiger partial charge in [-0.3, -0.25) is 4.79 Å². The number of rotatable bonds is 5. The Labute approximate surface area is 148 Å². The number of imidazole rings is 1. The van der Waals surface area contributed by atoms with Gasteiger partial charge >= 0.3 is 0 Å². The van der Waals surface area contributed by atoms with Crippen LogP contribution in [-0.4, -0.2) is 69.0 Å². The number of hydrogen-bond acceptors (Lipinski definition) is 5. The molecule has 1 amide bonds. The van der Waals surface area contributed by atoms with Crippen LogP contribution in [0.1, 0.15) is 40.8 Å². The van der Waals surface area contributed by atoms with Crippen LogP contribution in [0.2, 0.25) is 0 Å². The van der Waals surface area contributed by atoms with Gasteiger partial charge in [0.2, 0.25) is 0 Å². The van der Waals surface area contributed by atoms with Crippen LogP contribution in [0, 0.1) is 6.92 Å². The van der Waals surface area contributed by atoms with Crippen LogP contribution in [0.15, 0.2) is 24.8 Å². The molecule has 0 radical (unpaired) electrons. The summed E-state index contributed by atoms with van der Waals surface area (Å²) in [4.78, 5) is 29.7. The molecule has 0 saturated carbocycles. The first-order valence-electron chi connectivity index (χ1n) is 8.78. The van der Waals surface area contributed by atoms with Gasteiger partial charge in [0, 0.05) is 56.9 Å². The maximum atomic E-state index is 12.7. The second-order valence-corrected chi connectivity index (χ2v) is 6.89. The summed E-state index contributed by atoms with van der Waals surface area (Å²) in [6.07, 6.45) is 9.18. The molecule has 0 unspecified atom stereocenters. The molecule has 2 aromatic rings. The van der Waals surface area contributed by atoms with Gasteiger partial charge in [-0.15, -0.1) is 0 Å². The van der Waals surface area contributed by atoms with E-state index in [9.17, 15) is 4.79 Å². The van der Waals surface area contributed by atoms with E-state index in [-0.39, 0.29) is 11.8 Å². The van der Waals surface area contributed by atoms with Crippen LogP contribution in [0.5, 0.6) is 0 Å². The number of carbonyl (C=O) groups is 1. The van der Waals surface area contributed by atoms with Crippen molar-refractivity contribution in [1.82, 2.24) is 29.3 Å². The molecule has 134 valence electrons. The van der Waals surface area contributed by atoms with E-state index in [0.717, 1.165) is 38.3 Å². The molecule has 1 aliphatic heterocycles. The molecule has 3 rings (SSSR count). The summed E-state index contributed by atoms with van der Waals surface area (Å²) < 4.78 is 2.22. The third kappa shape index (κ3) is 4.22. The maximum absolute atomic E-state index is 12.7. The van der Waals surface area contributed by atoms with E-state index >= 15 is 0 Å². The molecule has 1 saturated heterocycles. The van der Waals surface area contributed by atoms with E-state index in [1.54, 1.807) is 12.4 Å². The van der Waals surface area contributed by atoms with E-state index < -0.39 is 0 Å². The zero-order chi connectivity index (χ0) is 17.8. The van der Waals surface area contributed by atoms with Crippen molar-refractivity contribution in [3.05, 3.63) is 42.0 Å². The number of likely N-dealkylation sites (tertiary alicyclic amines) is 1. The lowest BCUT2D eigenvalue weighted by Crippen LogP contribution is -2.40. The second kappa shape index (κ2) is 7.74. The fraction of sp³-hybridized carbons (Fsp3) is 0.556. The lowest BCUT2D eigenvalue weighted by molar-refractivity contribution is 0.0702. The number of aryl methyl sites for hydroxylation is 1. The average Bonchev–Trinajstić information content (AvgIpc) is 3.09. The quantitative estimate of drug-likeness (QED) is 0.825. The predicted octanol–water partition coefficient (Wildman–Crippen LogP) is 1.56. The van der Waals surface area contributed by atoms with Crippen LogP contribution in [0.4, 0.5) is 0 Å². The number of aromatic nitrogens is 4. The summed E-state index contributed by atoms with van der Waals surface area (Å²) in [5, 5.41) is 0. The van der Waals surface area contributed by atoms with E-state index in [1.165, 1.54) is 0 Å². The molecule has 7 heteroatoms. The molecule has 0 N–H and O–H groups in total. The van der Waals surface area contributed by atoms with E-state index in [4.69, 9.17) is 0 Å². The normalized spacial score (nSPS) is 17.9. The first-order chi connectivity index (χ1) is 12.0. The van der Waals surface area contributed by atoms with Gasteiger partial charge in [0.25, 0.3) is 5.91 Å². The first-order valence-corrected chi connectivity index (χ1v) is 8.78. The number of likely N-dealkylation sites (N-methyl/N-ethyl adjacent to an activating group) is 1. The first kappa shape index (κ1) is 17.5. The Morgan fingerprint density at radius 1 is 1.28 bits per heavy atom. The molecular weight excluding hydrogens is 316 g/mol. The van der Waals surface area contributed by atoms with Crippen LogP contribution in [0.3, 0.4) is 0 Å². The Hall–Kier alpha value is -2.28. The molecule has 25 heavy (non-hydrogen) atoms. The summed E-state index contributed by atoms with van der Waals surface area (Å²) in [5.41, 5.74) is 0.558. The minimum atomic E-state index is 0.0103. The van der Waals surface area contributed by atoms with Crippen molar-refractivity contribution in [2.24, 2.45) is 0 Å². The van der Waals surface area contributed by atoms with Crippen molar-refractivity contribution in [2.75, 3.05) is 33.7 Å². The Morgan fingerprint density at radius 2 is 2.04 bits per heavy atom. The molecule has 1 aliphatic rings. The topological polar surface area (TPSA) is 67.2 Å². The number of carbonyl (C=O) groups excluding carboxylic acids is 1. The zero-order valence-corrected chi connectivity index (χ0v) is 15.2. The lowest BCUT2D eigenvalue weighted by Gasteiger charge is -2.32. The summed E-state index contributed by atoms with van der Waals surface area (Å²) in [6.45, 7) is 5.18. The van der Waals surface area contributed by atoms with Crippen LogP contribution < -0.4 is 0 Å². The molecule has 0 spiro atoms. The highest BCUT2D eigenvalue weighted by Crippen LogP contribution is 2.26. The highest BCUT2D eigenvalue weighted by molar-refractivity contribution is 5.93. The molecule has 3 heterocycles. The zero-order valence-electron chi connectivity index (χ0n) is 15.2. The molecule has 1 atom stereocenters. The summed E-state index contributed by atoms with van der Waals surface area (Å²) in [5.74, 6) is 2.05. The van der Waals surface area contributed by atoms with Crippen molar-refractivity contribution in [1.29, 1.82) is 0 Å². The SMILES string of the molecule is Cc1ncc(C(=O)N2CCC[C@@H](c3nccn3CCN(C)C)C2)cn1. The Bertz CT molecular complexity index is 709. The molecule has 0 aliphatic carbocycles. The average molecular weight is 342 g/mol. The Balaban J connectivity index is 1.70. The number of hydrogen-bond donors (Lipinski definition) is 0. The standard InChI is InChI=1S/C18H26N6O/c1-14-20-11-16(12-21-14)18(25)24-7-4-5-15(13-24)17-19-6-8-23(17)10-9-22(2)3/h6,8,11-12,15H,4-5,7,9-10,13H2,1-3H3/t15-/m1/s1. The van der Waals surface area contributed by atoms with Crippen LogP contribution in [0.25, 0.3) is 0 Å². The fourth-order valence-electron chi connectivity index (χ4n) is 3.24. The van der Waals surface area contributed by atoms with Crippen molar-refractivity contribution in [3.63, 3.8) is 0 Å². The van der Waals surface area contributed by atoms with Gasteiger partial charge in [-0.1, -0.05) is 0 Å². The van der Waals surface area contributed by atoms with Crippen molar-refractivity contribution in [3.8, 4) is 0 Å². The number of amides is 1. The van der Waals surface area contributed by atoms with Gasteiger partial charge in [-0.2, -0.15) is 0 Å². The summed E-state index contributed by atoms with van der Waals surface area (Å²) in [6, 6.07) is 0. The third-order valence-corrected chi connectivity index (χ3v) is 4.64. The molecule has 0 bridgehead atoms. The minimum Gasteiger partial charge on any atom is -0.338 e. The van der Waals surface area contributed by atoms with E-state index in [1.807, 2.05) is 24.2 Å². The number of nitrogens with zero attached hydrogens (tertiary/aromatic N) is 6. The highest BCUT2D eigenvalue weighted by Gasteiger charge is 2.28. The molecular formula is C18H26N6O. The van der Waals surface area contributed by atoms with Crippen molar-refractivity contribution < 1.29 is 4.79 Å². The van der Waals surface area contributed by atoms with Gasteiger partial charge in [0.05, 0.1) is 5.56 Å². The van der Waals surface area contributed by atoms with Crippen molar-refractivity contribution >= 4 is 5.91 Å². The molecule has 1 fully saturated rings. The molecule has 7 nitrogen and oxygen atoms in total. The van der Waals surface area contributed by atoms with Crippen molar-refractivity contribution in [2.45, 2.75) is 32.2 Å². The van der Waals surface area contributed by atoms with Crippen LogP contribution >= 0.6 is 0 Å².